The fraction of sp³-hybridized carbons (Fsp3) is 0.364. The zero-order chi connectivity index (χ0) is 21.5. The van der Waals surface area contributed by atoms with E-state index in [0.29, 0.717) is 10.7 Å². The number of nitrogens with one attached hydrogen (secondary N) is 2. The number of nitrogens with zero attached hydrogens (tertiary/aromatic N) is 2. The van der Waals surface area contributed by atoms with Crippen LogP contribution in [0.4, 0.5) is 16.2 Å². The largest absolute Gasteiger partial charge is 0.445 e. The molecule has 2 amide bonds. The van der Waals surface area contributed by atoms with Gasteiger partial charge in [0.15, 0.2) is 0 Å². The quantitative estimate of drug-likeness (QED) is 0.735. The molecule has 0 saturated carbocycles. The third-order valence-corrected chi connectivity index (χ3v) is 5.24. The number of likely N-dealkylation sites (N-methyl/N-ethyl adjacent to an activating group) is 1. The summed E-state index contributed by atoms with van der Waals surface area (Å²) in [6.07, 6.45) is -0.646. The average Bonchev–Trinajstić information content (AvgIpc) is 2.74. The van der Waals surface area contributed by atoms with E-state index in [2.05, 4.69) is 27.5 Å². The minimum atomic E-state index is -0.771. The highest BCUT2D eigenvalue weighted by Crippen LogP contribution is 2.30. The van der Waals surface area contributed by atoms with Crippen molar-refractivity contribution in [3.05, 3.63) is 59.1 Å². The second-order valence-corrected chi connectivity index (χ2v) is 7.81. The monoisotopic (exact) mass is 430 g/mol. The first kappa shape index (κ1) is 21.9. The molecular weight excluding hydrogens is 404 g/mol. The fourth-order valence-electron chi connectivity index (χ4n) is 3.18. The van der Waals surface area contributed by atoms with Crippen LogP contribution in [0.25, 0.3) is 0 Å². The molecule has 1 aliphatic rings. The van der Waals surface area contributed by atoms with Gasteiger partial charge in [0.25, 0.3) is 0 Å². The number of hydrogen-bond donors (Lipinski definition) is 2. The van der Waals surface area contributed by atoms with Crippen molar-refractivity contribution in [3.63, 3.8) is 0 Å². The maximum atomic E-state index is 12.7. The Bertz CT molecular complexity index is 870. The number of halogens is 1. The molecule has 0 bridgehead atoms. The summed E-state index contributed by atoms with van der Waals surface area (Å²) < 4.78 is 5.18. The molecule has 2 aromatic carbocycles. The molecule has 0 aromatic heterocycles. The minimum absolute atomic E-state index is 0.142. The van der Waals surface area contributed by atoms with E-state index in [1.54, 1.807) is 13.0 Å². The van der Waals surface area contributed by atoms with Crippen molar-refractivity contribution in [2.45, 2.75) is 19.6 Å². The molecule has 1 heterocycles. The number of carbonyl (C=O) groups excluding carboxylic acids is 2. The lowest BCUT2D eigenvalue weighted by molar-refractivity contribution is -0.117. The van der Waals surface area contributed by atoms with Gasteiger partial charge in [-0.3, -0.25) is 4.79 Å². The van der Waals surface area contributed by atoms with Gasteiger partial charge in [-0.1, -0.05) is 41.9 Å². The molecule has 1 atom stereocenters. The van der Waals surface area contributed by atoms with Gasteiger partial charge in [0.1, 0.15) is 12.6 Å². The Morgan fingerprint density at radius 3 is 2.50 bits per heavy atom. The molecule has 7 nitrogen and oxygen atoms in total. The molecule has 3 rings (SSSR count). The van der Waals surface area contributed by atoms with Gasteiger partial charge in [-0.05, 0) is 37.7 Å². The van der Waals surface area contributed by atoms with Crippen LogP contribution < -0.4 is 15.5 Å². The number of alkyl carbamates (subject to hydrolysis) is 1. The molecule has 2 N–H and O–H groups in total. The zero-order valence-electron chi connectivity index (χ0n) is 17.2. The summed E-state index contributed by atoms with van der Waals surface area (Å²) in [5, 5.41) is 5.99. The SMILES string of the molecule is C[C@@H](NC(=O)OCc1ccccc1)C(=O)Nc1cc(Cl)ccc1N1CCN(C)CC1. The Kier molecular flexibility index (Phi) is 7.54. The summed E-state index contributed by atoms with van der Waals surface area (Å²) in [6, 6.07) is 14.0. The van der Waals surface area contributed by atoms with E-state index in [-0.39, 0.29) is 12.5 Å². The number of hydrogen-bond acceptors (Lipinski definition) is 5. The van der Waals surface area contributed by atoms with Crippen LogP contribution in [0.5, 0.6) is 0 Å². The third-order valence-electron chi connectivity index (χ3n) is 5.00. The van der Waals surface area contributed by atoms with Crippen LogP contribution in [0.3, 0.4) is 0 Å². The Balaban J connectivity index is 1.58. The number of piperazine rings is 1. The second-order valence-electron chi connectivity index (χ2n) is 7.37. The fourth-order valence-corrected chi connectivity index (χ4v) is 3.35. The summed E-state index contributed by atoms with van der Waals surface area (Å²) in [6.45, 7) is 5.37. The van der Waals surface area contributed by atoms with Crippen molar-refractivity contribution in [2.75, 3.05) is 43.4 Å². The molecule has 8 heteroatoms. The zero-order valence-corrected chi connectivity index (χ0v) is 18.0. The van der Waals surface area contributed by atoms with Crippen LogP contribution in [0.1, 0.15) is 12.5 Å². The van der Waals surface area contributed by atoms with E-state index >= 15 is 0 Å². The molecule has 0 unspecified atom stereocenters. The molecule has 1 fully saturated rings. The smallest absolute Gasteiger partial charge is 0.408 e. The number of rotatable bonds is 6. The number of ether oxygens (including phenoxy) is 1. The van der Waals surface area contributed by atoms with Crippen molar-refractivity contribution in [3.8, 4) is 0 Å². The van der Waals surface area contributed by atoms with Crippen molar-refractivity contribution >= 4 is 35.0 Å². The molecule has 2 aromatic rings. The molecule has 30 heavy (non-hydrogen) atoms. The maximum absolute atomic E-state index is 12.7. The number of anilines is 2. The number of amides is 2. The molecule has 0 spiro atoms. The van der Waals surface area contributed by atoms with Crippen molar-refractivity contribution < 1.29 is 14.3 Å². The van der Waals surface area contributed by atoms with Crippen molar-refractivity contribution in [1.29, 1.82) is 0 Å². The van der Waals surface area contributed by atoms with E-state index in [1.807, 2.05) is 42.5 Å². The predicted molar refractivity (Wildman–Crippen MR) is 119 cm³/mol. The molecule has 160 valence electrons. The highest BCUT2D eigenvalue weighted by molar-refractivity contribution is 6.31. The third kappa shape index (κ3) is 6.11. The topological polar surface area (TPSA) is 73.9 Å². The van der Waals surface area contributed by atoms with Gasteiger partial charge in [-0.2, -0.15) is 0 Å². The van der Waals surface area contributed by atoms with Gasteiger partial charge in [-0.15, -0.1) is 0 Å². The van der Waals surface area contributed by atoms with Gasteiger partial charge < -0.3 is 25.2 Å². The van der Waals surface area contributed by atoms with E-state index in [0.717, 1.165) is 37.4 Å². The van der Waals surface area contributed by atoms with E-state index in [4.69, 9.17) is 16.3 Å². The second kappa shape index (κ2) is 10.3. The van der Waals surface area contributed by atoms with Gasteiger partial charge in [0.05, 0.1) is 11.4 Å². The van der Waals surface area contributed by atoms with E-state index in [9.17, 15) is 9.59 Å². The van der Waals surface area contributed by atoms with Crippen molar-refractivity contribution in [2.24, 2.45) is 0 Å². The van der Waals surface area contributed by atoms with Crippen LogP contribution in [0.15, 0.2) is 48.5 Å². The average molecular weight is 431 g/mol. The lowest BCUT2D eigenvalue weighted by Crippen LogP contribution is -2.45. The van der Waals surface area contributed by atoms with Crippen molar-refractivity contribution in [1.82, 2.24) is 10.2 Å². The first-order valence-corrected chi connectivity index (χ1v) is 10.3. The van der Waals surface area contributed by atoms with E-state index < -0.39 is 12.1 Å². The summed E-state index contributed by atoms with van der Waals surface area (Å²) in [5.41, 5.74) is 2.42. The molecule has 1 saturated heterocycles. The highest BCUT2D eigenvalue weighted by atomic mass is 35.5. The van der Waals surface area contributed by atoms with Crippen LogP contribution in [0.2, 0.25) is 5.02 Å². The lowest BCUT2D eigenvalue weighted by Gasteiger charge is -2.35. The van der Waals surface area contributed by atoms with Crippen LogP contribution in [-0.2, 0) is 16.1 Å². The van der Waals surface area contributed by atoms with Gasteiger partial charge in [0.2, 0.25) is 5.91 Å². The van der Waals surface area contributed by atoms with Gasteiger partial charge in [0, 0.05) is 31.2 Å². The molecular formula is C22H27ClN4O3. The van der Waals surface area contributed by atoms with Crippen LogP contribution >= 0.6 is 11.6 Å². The van der Waals surface area contributed by atoms with Crippen LogP contribution in [0, 0.1) is 0 Å². The van der Waals surface area contributed by atoms with Crippen LogP contribution in [-0.4, -0.2) is 56.2 Å². The predicted octanol–water partition coefficient (Wildman–Crippen LogP) is 3.35. The first-order chi connectivity index (χ1) is 14.4. The molecule has 0 aliphatic carbocycles. The Morgan fingerprint density at radius 2 is 1.80 bits per heavy atom. The first-order valence-electron chi connectivity index (χ1n) is 9.93. The summed E-state index contributed by atoms with van der Waals surface area (Å²) in [5.74, 6) is -0.343. The Labute approximate surface area is 181 Å². The normalized spacial score (nSPS) is 15.4. The Hall–Kier alpha value is -2.77. The van der Waals surface area contributed by atoms with Gasteiger partial charge >= 0.3 is 6.09 Å². The molecule has 1 aliphatic heterocycles. The number of carbonyl (C=O) groups is 2. The summed E-state index contributed by atoms with van der Waals surface area (Å²) >= 11 is 6.16. The maximum Gasteiger partial charge on any atom is 0.408 e. The summed E-state index contributed by atoms with van der Waals surface area (Å²) in [4.78, 5) is 29.2. The lowest BCUT2D eigenvalue weighted by atomic mass is 10.2. The standard InChI is InChI=1S/C22H27ClN4O3/c1-16(24-22(29)30-15-17-6-4-3-5-7-17)21(28)25-19-14-18(23)8-9-20(19)27-12-10-26(2)11-13-27/h3-9,14,16H,10-13,15H2,1-2H3,(H,24,29)(H,25,28)/t16-/m1/s1. The van der Waals surface area contributed by atoms with Gasteiger partial charge in [-0.25, -0.2) is 4.79 Å². The molecule has 0 radical (unpaired) electrons. The highest BCUT2D eigenvalue weighted by Gasteiger charge is 2.21. The number of benzene rings is 2. The van der Waals surface area contributed by atoms with E-state index in [1.165, 1.54) is 0 Å². The summed E-state index contributed by atoms with van der Waals surface area (Å²) in [7, 11) is 2.09. The Morgan fingerprint density at radius 1 is 1.10 bits per heavy atom. The minimum Gasteiger partial charge on any atom is -0.445 e.